The van der Waals surface area contributed by atoms with E-state index >= 15 is 0 Å². The number of nitrogens with one attached hydrogen (secondary N) is 2. The Morgan fingerprint density at radius 2 is 1.66 bits per heavy atom. The Hall–Kier alpha value is -4.07. The molecule has 1 amide bonds. The molecule has 2 aromatic heterocycles. The van der Waals surface area contributed by atoms with Gasteiger partial charge in [-0.3, -0.25) is 9.78 Å². The normalized spacial score (nSPS) is 10.6. The van der Waals surface area contributed by atoms with E-state index in [9.17, 15) is 4.79 Å². The van der Waals surface area contributed by atoms with Crippen LogP contribution in [0.15, 0.2) is 67.0 Å². The lowest BCUT2D eigenvalue weighted by Crippen LogP contribution is -2.14. The number of fused-ring (bicyclic) bond motifs is 1. The predicted molar refractivity (Wildman–Crippen MR) is 114 cm³/mol. The van der Waals surface area contributed by atoms with E-state index < -0.39 is 0 Å². The Balaban J connectivity index is 1.44. The molecule has 0 atom stereocenters. The summed E-state index contributed by atoms with van der Waals surface area (Å²) in [7, 11) is 3.89. The maximum absolute atomic E-state index is 12.5. The third kappa shape index (κ3) is 4.27. The summed E-state index contributed by atoms with van der Waals surface area (Å²) in [5.41, 5.74) is 4.13. The monoisotopic (exact) mass is 385 g/mol. The topological polar surface area (TPSA) is 95.9 Å². The van der Waals surface area contributed by atoms with Gasteiger partial charge >= 0.3 is 0 Å². The fourth-order valence-corrected chi connectivity index (χ4v) is 2.71. The number of nitrogens with zero attached hydrogens (tertiary/aromatic N) is 5. The van der Waals surface area contributed by atoms with Gasteiger partial charge in [0.05, 0.1) is 29.1 Å². The molecule has 0 aliphatic heterocycles. The lowest BCUT2D eigenvalue weighted by Gasteiger charge is -2.13. The molecule has 0 saturated carbocycles. The maximum atomic E-state index is 12.5. The molecule has 0 unspecified atom stereocenters. The van der Waals surface area contributed by atoms with Crippen LogP contribution in [0.1, 0.15) is 10.5 Å². The minimum absolute atomic E-state index is 0.265. The van der Waals surface area contributed by atoms with Crippen LogP contribution in [0.2, 0.25) is 0 Å². The number of aromatic nitrogens is 4. The molecule has 4 aromatic rings. The van der Waals surface area contributed by atoms with Gasteiger partial charge in [0.25, 0.3) is 5.91 Å². The average molecular weight is 385 g/mol. The van der Waals surface area contributed by atoms with Crippen molar-refractivity contribution in [3.05, 3.63) is 72.7 Å². The highest BCUT2D eigenvalue weighted by Gasteiger charge is 2.10. The largest absolute Gasteiger partial charge is 0.376 e. The van der Waals surface area contributed by atoms with Crippen LogP contribution in [0.5, 0.6) is 0 Å². The Bertz CT molecular complexity index is 1160. The molecule has 0 spiro atoms. The van der Waals surface area contributed by atoms with Gasteiger partial charge < -0.3 is 15.5 Å². The molecule has 0 aliphatic rings. The summed E-state index contributed by atoms with van der Waals surface area (Å²) in [5.74, 6) is 0.327. The van der Waals surface area contributed by atoms with E-state index in [0.717, 1.165) is 16.9 Å². The maximum Gasteiger partial charge on any atom is 0.275 e. The van der Waals surface area contributed by atoms with Gasteiger partial charge in [0, 0.05) is 31.5 Å². The smallest absolute Gasteiger partial charge is 0.275 e. The zero-order valence-corrected chi connectivity index (χ0v) is 16.0. The molecule has 144 valence electrons. The van der Waals surface area contributed by atoms with Gasteiger partial charge in [-0.15, -0.1) is 5.10 Å². The van der Waals surface area contributed by atoms with E-state index in [4.69, 9.17) is 0 Å². The van der Waals surface area contributed by atoms with Crippen molar-refractivity contribution in [3.8, 4) is 0 Å². The second kappa shape index (κ2) is 7.89. The molecule has 4 rings (SSSR count). The van der Waals surface area contributed by atoms with Crippen LogP contribution in [-0.4, -0.2) is 40.2 Å². The molecule has 0 fully saturated rings. The molecule has 0 bridgehead atoms. The van der Waals surface area contributed by atoms with E-state index in [1.807, 2.05) is 61.5 Å². The van der Waals surface area contributed by atoms with E-state index in [-0.39, 0.29) is 11.6 Å². The first kappa shape index (κ1) is 18.3. The van der Waals surface area contributed by atoms with E-state index in [2.05, 4.69) is 30.8 Å². The van der Waals surface area contributed by atoms with Crippen molar-refractivity contribution in [1.82, 2.24) is 20.2 Å². The first-order valence-corrected chi connectivity index (χ1v) is 8.99. The van der Waals surface area contributed by atoms with E-state index in [0.29, 0.717) is 17.0 Å². The number of rotatable bonds is 5. The number of amides is 1. The molecule has 2 N–H and O–H groups in total. The molecule has 2 heterocycles. The molecule has 2 aromatic carbocycles. The fourth-order valence-electron chi connectivity index (χ4n) is 2.71. The van der Waals surface area contributed by atoms with Gasteiger partial charge in [0.2, 0.25) is 0 Å². The number of hydrogen-bond acceptors (Lipinski definition) is 7. The molecular weight excluding hydrogens is 366 g/mol. The first-order valence-electron chi connectivity index (χ1n) is 8.99. The van der Waals surface area contributed by atoms with Crippen molar-refractivity contribution in [1.29, 1.82) is 0 Å². The predicted octanol–water partition coefficient (Wildman–Crippen LogP) is 3.48. The molecule has 0 aliphatic carbocycles. The summed E-state index contributed by atoms with van der Waals surface area (Å²) >= 11 is 0. The summed E-state index contributed by atoms with van der Waals surface area (Å²) in [4.78, 5) is 23.1. The van der Waals surface area contributed by atoms with Crippen molar-refractivity contribution >= 4 is 39.8 Å². The highest BCUT2D eigenvalue weighted by Crippen LogP contribution is 2.20. The minimum Gasteiger partial charge on any atom is -0.376 e. The van der Waals surface area contributed by atoms with Crippen LogP contribution >= 0.6 is 0 Å². The Labute approximate surface area is 167 Å². The van der Waals surface area contributed by atoms with Crippen molar-refractivity contribution in [2.24, 2.45) is 0 Å². The van der Waals surface area contributed by atoms with Crippen molar-refractivity contribution in [2.75, 3.05) is 29.6 Å². The van der Waals surface area contributed by atoms with Crippen LogP contribution in [-0.2, 0) is 0 Å². The number of hydrogen-bond donors (Lipinski definition) is 2. The Kier molecular flexibility index (Phi) is 4.98. The molecule has 8 nitrogen and oxygen atoms in total. The van der Waals surface area contributed by atoms with Crippen LogP contribution in [0.3, 0.4) is 0 Å². The van der Waals surface area contributed by atoms with Crippen LogP contribution < -0.4 is 15.5 Å². The minimum atomic E-state index is -0.312. The molecule has 8 heteroatoms. The summed E-state index contributed by atoms with van der Waals surface area (Å²) < 4.78 is 0. The van der Waals surface area contributed by atoms with Crippen molar-refractivity contribution in [2.45, 2.75) is 0 Å². The summed E-state index contributed by atoms with van der Waals surface area (Å²) in [6.07, 6.45) is 3.17. The summed E-state index contributed by atoms with van der Waals surface area (Å²) in [6.45, 7) is 0. The van der Waals surface area contributed by atoms with Crippen LogP contribution in [0.4, 0.5) is 22.9 Å². The van der Waals surface area contributed by atoms with Gasteiger partial charge in [-0.05, 0) is 36.4 Å². The zero-order chi connectivity index (χ0) is 20.2. The number of carbonyl (C=O) groups is 1. The lowest BCUT2D eigenvalue weighted by atomic mass is 10.2. The number of anilines is 4. The van der Waals surface area contributed by atoms with Gasteiger partial charge in [0.15, 0.2) is 5.82 Å². The van der Waals surface area contributed by atoms with E-state index in [1.165, 1.54) is 6.20 Å². The van der Waals surface area contributed by atoms with Gasteiger partial charge in [-0.25, -0.2) is 4.98 Å². The number of benzene rings is 2. The molecule has 29 heavy (non-hydrogen) atoms. The third-order valence-corrected chi connectivity index (χ3v) is 4.25. The Morgan fingerprint density at radius 1 is 0.931 bits per heavy atom. The standard InChI is InChI=1S/C21H19N7O/c1-28(2)16-11-20(27-23-12-16)24-14-7-9-15(10-8-14)25-21(29)19-13-22-17-5-3-4-6-18(17)26-19/h3-13H,1-2H3,(H,24,27)(H,25,29). The van der Waals surface area contributed by atoms with Crippen molar-refractivity contribution in [3.63, 3.8) is 0 Å². The third-order valence-electron chi connectivity index (χ3n) is 4.25. The zero-order valence-electron chi connectivity index (χ0n) is 16.0. The van der Waals surface area contributed by atoms with Gasteiger partial charge in [0.1, 0.15) is 5.69 Å². The summed E-state index contributed by atoms with van der Waals surface area (Å²) in [5, 5.41) is 14.1. The van der Waals surface area contributed by atoms with Crippen LogP contribution in [0, 0.1) is 0 Å². The fraction of sp³-hybridized carbons (Fsp3) is 0.0952. The van der Waals surface area contributed by atoms with Crippen molar-refractivity contribution < 1.29 is 4.79 Å². The van der Waals surface area contributed by atoms with Gasteiger partial charge in [-0.1, -0.05) is 12.1 Å². The van der Waals surface area contributed by atoms with E-state index in [1.54, 1.807) is 18.3 Å². The molecule has 0 radical (unpaired) electrons. The SMILES string of the molecule is CN(C)c1cnnc(Nc2ccc(NC(=O)c3cnc4ccccc4n3)cc2)c1. The Morgan fingerprint density at radius 3 is 2.41 bits per heavy atom. The second-order valence-electron chi connectivity index (χ2n) is 6.59. The summed E-state index contributed by atoms with van der Waals surface area (Å²) in [6, 6.07) is 16.6. The van der Waals surface area contributed by atoms with Gasteiger partial charge in [-0.2, -0.15) is 5.10 Å². The first-order chi connectivity index (χ1) is 14.1. The number of para-hydroxylation sites is 2. The highest BCUT2D eigenvalue weighted by molar-refractivity contribution is 6.03. The highest BCUT2D eigenvalue weighted by atomic mass is 16.1. The molecule has 0 saturated heterocycles. The quantitative estimate of drug-likeness (QED) is 0.543. The number of carbonyl (C=O) groups excluding carboxylic acids is 1. The lowest BCUT2D eigenvalue weighted by molar-refractivity contribution is 0.102. The second-order valence-corrected chi connectivity index (χ2v) is 6.59. The molecular formula is C21H19N7O. The average Bonchev–Trinajstić information content (AvgIpc) is 2.75. The van der Waals surface area contributed by atoms with Crippen LogP contribution in [0.25, 0.3) is 11.0 Å².